The number of hydrogen-bond donors (Lipinski definition) is 5. The Balaban J connectivity index is 0.824. The number of carbonyl (C=O) groups excluding carboxylic acids is 3. The number of hydrogen-bond acceptors (Lipinski definition) is 11. The van der Waals surface area contributed by atoms with E-state index in [1.54, 1.807) is 11.3 Å². The molecule has 2 fully saturated rings. The number of anilines is 2. The van der Waals surface area contributed by atoms with Crippen molar-refractivity contribution in [3.8, 4) is 10.4 Å². The summed E-state index contributed by atoms with van der Waals surface area (Å²) in [5.74, 6) is -0.813. The second-order valence-corrected chi connectivity index (χ2v) is 21.0. The van der Waals surface area contributed by atoms with Gasteiger partial charge in [0.25, 0.3) is 0 Å². The summed E-state index contributed by atoms with van der Waals surface area (Å²) in [6.45, 7) is 18.7. The molecule has 0 spiro atoms. The van der Waals surface area contributed by atoms with Crippen molar-refractivity contribution in [3.05, 3.63) is 101 Å². The number of carbonyl (C=O) groups is 3. The van der Waals surface area contributed by atoms with E-state index in [4.69, 9.17) is 0 Å². The quantitative estimate of drug-likeness (QED) is 0.0455. The van der Waals surface area contributed by atoms with Gasteiger partial charge < -0.3 is 41.1 Å². The number of benzene rings is 3. The lowest BCUT2D eigenvalue weighted by Gasteiger charge is -2.36. The van der Waals surface area contributed by atoms with Crippen molar-refractivity contribution in [1.29, 1.82) is 0 Å². The molecule has 4 aromatic rings. The number of amides is 3. The van der Waals surface area contributed by atoms with Crippen LogP contribution in [0.5, 0.6) is 0 Å². The van der Waals surface area contributed by atoms with Gasteiger partial charge in [-0.3, -0.25) is 19.3 Å². The summed E-state index contributed by atoms with van der Waals surface area (Å²) >= 11 is 1.60. The topological polar surface area (TPSA) is 145 Å². The smallest absolute Gasteiger partial charge is 0.246 e. The monoisotopic (exact) mass is 950 g/mol. The van der Waals surface area contributed by atoms with Crippen molar-refractivity contribution in [1.82, 2.24) is 36.1 Å². The van der Waals surface area contributed by atoms with E-state index >= 15 is 0 Å². The number of aliphatic hydroxyl groups is 1. The van der Waals surface area contributed by atoms with Crippen LogP contribution < -0.4 is 31.1 Å². The lowest BCUT2D eigenvalue weighted by Crippen LogP contribution is -2.57. The number of piperazine rings is 1. The molecule has 5 N–H and O–H groups in total. The lowest BCUT2D eigenvalue weighted by molar-refractivity contribution is -0.144. The summed E-state index contributed by atoms with van der Waals surface area (Å²) in [5, 5.41) is 23.9. The average Bonchev–Trinajstić information content (AvgIpc) is 3.95. The van der Waals surface area contributed by atoms with Crippen molar-refractivity contribution in [3.63, 3.8) is 0 Å². The Bertz CT molecular complexity index is 2180. The van der Waals surface area contributed by atoms with Gasteiger partial charge in [0.2, 0.25) is 17.7 Å². The average molecular weight is 950 g/mol. The molecule has 2 aliphatic rings. The Labute approximate surface area is 410 Å². The standard InChI is InChI=1S/C54H79N9O4S/c1-39(42-21-23-43(24-22-42)50-40(2)57-38-68-50)58-52(66)48-34-46(64)37-63(48)53(67)51(54(3,4)5)59-49(65)18-11-9-8-10-14-29-61-30-32-62(33-31-61)45-25-19-41(20-26-45)35-55-27-15-28-56-36-44-16-12-13-17-47(44)60(6)7/h12-13,16-17,19-26,38-39,46,48,51,55-56,64H,8-11,14-15,18,27-37H2,1-7H3,(H,58,66)(H,59,65)/t39?,46-,48+,51?/m1/s1. The van der Waals surface area contributed by atoms with Gasteiger partial charge >= 0.3 is 0 Å². The van der Waals surface area contributed by atoms with Crippen LogP contribution in [-0.2, 0) is 27.5 Å². The zero-order chi connectivity index (χ0) is 48.6. The predicted octanol–water partition coefficient (Wildman–Crippen LogP) is 7.29. The molecule has 4 atom stereocenters. The summed E-state index contributed by atoms with van der Waals surface area (Å²) in [6.07, 6.45) is 5.80. The minimum atomic E-state index is -0.831. The first-order valence-corrected chi connectivity index (χ1v) is 25.9. The Hall–Kier alpha value is -4.86. The third-order valence-electron chi connectivity index (χ3n) is 13.4. The van der Waals surface area contributed by atoms with Crippen LogP contribution in [0.3, 0.4) is 0 Å². The zero-order valence-corrected chi connectivity index (χ0v) is 42.7. The molecule has 2 unspecified atom stereocenters. The number of aryl methyl sites for hydroxylation is 1. The molecule has 14 heteroatoms. The number of nitrogens with zero attached hydrogens (tertiary/aromatic N) is 5. The van der Waals surface area contributed by atoms with E-state index in [9.17, 15) is 19.5 Å². The van der Waals surface area contributed by atoms with E-state index in [2.05, 4.69) is 104 Å². The van der Waals surface area contributed by atoms with Crippen molar-refractivity contribution in [2.45, 2.75) is 123 Å². The molecule has 0 radical (unpaired) electrons. The third kappa shape index (κ3) is 15.3. The molecule has 0 saturated carbocycles. The molecule has 3 aromatic carbocycles. The molecule has 6 rings (SSSR count). The first kappa shape index (κ1) is 52.5. The van der Waals surface area contributed by atoms with Gasteiger partial charge in [0.15, 0.2) is 0 Å². The number of para-hydroxylation sites is 1. The highest BCUT2D eigenvalue weighted by atomic mass is 32.1. The van der Waals surface area contributed by atoms with E-state index < -0.39 is 23.6 Å². The maximum absolute atomic E-state index is 14.1. The van der Waals surface area contributed by atoms with Crippen molar-refractivity contribution < 1.29 is 19.5 Å². The molecule has 2 aliphatic heterocycles. The van der Waals surface area contributed by atoms with Crippen LogP contribution in [-0.4, -0.2) is 122 Å². The number of nitrogens with one attached hydrogen (secondary N) is 4. The number of aromatic nitrogens is 1. The molecular weight excluding hydrogens is 871 g/mol. The van der Waals surface area contributed by atoms with Crippen LogP contribution in [0.4, 0.5) is 11.4 Å². The fraction of sp³-hybridized carbons (Fsp3) is 0.556. The Morgan fingerprint density at radius 3 is 2.19 bits per heavy atom. The highest BCUT2D eigenvalue weighted by molar-refractivity contribution is 7.13. The van der Waals surface area contributed by atoms with E-state index in [0.717, 1.165) is 119 Å². The van der Waals surface area contributed by atoms with Gasteiger partial charge in [-0.05, 0) is 98.6 Å². The van der Waals surface area contributed by atoms with Crippen LogP contribution in [0.2, 0.25) is 0 Å². The SMILES string of the molecule is Cc1ncsc1-c1ccc(C(C)NC(=O)[C@@H]2C[C@@H](O)CN2C(=O)C(NC(=O)CCCCCCCN2CCN(c3ccc(CNCCCNCc4ccccc4N(C)C)cc3)CC2)C(C)(C)C)cc1. The summed E-state index contributed by atoms with van der Waals surface area (Å²) < 4.78 is 0. The molecule has 1 aromatic heterocycles. The number of aliphatic hydroxyl groups excluding tert-OH is 1. The molecular formula is C54H79N9O4S. The Morgan fingerprint density at radius 2 is 1.51 bits per heavy atom. The normalized spacial score (nSPS) is 17.5. The van der Waals surface area contributed by atoms with Gasteiger partial charge in [0.05, 0.1) is 28.2 Å². The molecule has 2 saturated heterocycles. The number of rotatable bonds is 24. The van der Waals surface area contributed by atoms with E-state index in [1.807, 2.05) is 64.4 Å². The molecule has 68 heavy (non-hydrogen) atoms. The van der Waals surface area contributed by atoms with Crippen molar-refractivity contribution in [2.75, 3.05) is 76.3 Å². The van der Waals surface area contributed by atoms with Gasteiger partial charge in [-0.2, -0.15) is 0 Å². The zero-order valence-electron chi connectivity index (χ0n) is 41.9. The summed E-state index contributed by atoms with van der Waals surface area (Å²) in [7, 11) is 4.18. The van der Waals surface area contributed by atoms with Gasteiger partial charge in [-0.15, -0.1) is 11.3 Å². The first-order chi connectivity index (χ1) is 32.7. The number of β-amino-alcohol motifs (C(OH)–C–C–N with tert-alkyl or cyclic N) is 1. The molecule has 0 aliphatic carbocycles. The second kappa shape index (κ2) is 25.7. The van der Waals surface area contributed by atoms with Crippen molar-refractivity contribution >= 4 is 40.4 Å². The maximum Gasteiger partial charge on any atom is 0.246 e. The largest absolute Gasteiger partial charge is 0.391 e. The summed E-state index contributed by atoms with van der Waals surface area (Å²) in [6, 6.07) is 23.7. The van der Waals surface area contributed by atoms with E-state index in [0.29, 0.717) is 6.42 Å². The third-order valence-corrected chi connectivity index (χ3v) is 14.4. The minimum absolute atomic E-state index is 0.0484. The second-order valence-electron chi connectivity index (χ2n) is 20.1. The van der Waals surface area contributed by atoms with E-state index in [1.165, 1.54) is 27.4 Å². The van der Waals surface area contributed by atoms with Gasteiger partial charge in [0.1, 0.15) is 12.1 Å². The molecule has 3 heterocycles. The fourth-order valence-electron chi connectivity index (χ4n) is 9.34. The van der Waals surface area contributed by atoms with Gasteiger partial charge in [-0.1, -0.05) is 94.6 Å². The molecule has 13 nitrogen and oxygen atoms in total. The van der Waals surface area contributed by atoms with Crippen LogP contribution >= 0.6 is 11.3 Å². The Kier molecular flexibility index (Phi) is 19.8. The van der Waals surface area contributed by atoms with Crippen molar-refractivity contribution in [2.24, 2.45) is 5.41 Å². The van der Waals surface area contributed by atoms with Gasteiger partial charge in [0, 0.05) is 84.1 Å². The van der Waals surface area contributed by atoms with Crippen LogP contribution in [0, 0.1) is 12.3 Å². The van der Waals surface area contributed by atoms with Crippen LogP contribution in [0.1, 0.15) is 107 Å². The molecule has 370 valence electrons. The van der Waals surface area contributed by atoms with Gasteiger partial charge in [-0.25, -0.2) is 4.98 Å². The predicted molar refractivity (Wildman–Crippen MR) is 278 cm³/mol. The molecule has 3 amide bonds. The lowest BCUT2D eigenvalue weighted by atomic mass is 9.85. The van der Waals surface area contributed by atoms with Crippen LogP contribution in [0.15, 0.2) is 78.3 Å². The fourth-order valence-corrected chi connectivity index (χ4v) is 10.2. The summed E-state index contributed by atoms with van der Waals surface area (Å²) in [4.78, 5) is 55.2. The summed E-state index contributed by atoms with van der Waals surface area (Å²) in [5.41, 5.74) is 9.43. The number of unbranched alkanes of at least 4 members (excludes halogenated alkanes) is 4. The van der Waals surface area contributed by atoms with E-state index in [-0.39, 0.29) is 36.7 Å². The Morgan fingerprint density at radius 1 is 0.838 bits per heavy atom. The minimum Gasteiger partial charge on any atom is -0.391 e. The maximum atomic E-state index is 14.1. The first-order valence-electron chi connectivity index (χ1n) is 25.0. The number of likely N-dealkylation sites (tertiary alicyclic amines) is 1. The molecule has 0 bridgehead atoms. The number of thiazole rings is 1. The highest BCUT2D eigenvalue weighted by Gasteiger charge is 2.44. The van der Waals surface area contributed by atoms with Crippen LogP contribution in [0.25, 0.3) is 10.4 Å². The highest BCUT2D eigenvalue weighted by Crippen LogP contribution is 2.30.